The summed E-state index contributed by atoms with van der Waals surface area (Å²) in [4.78, 5) is 25.5. The van der Waals surface area contributed by atoms with Gasteiger partial charge in [-0.25, -0.2) is 9.59 Å². The molecule has 3 rings (SSSR count). The van der Waals surface area contributed by atoms with Gasteiger partial charge in [0.15, 0.2) is 0 Å². The number of rotatable bonds is 6. The van der Waals surface area contributed by atoms with Crippen LogP contribution in [0.3, 0.4) is 0 Å². The standard InChI is InChI=1S/C23H23NO4/c1-16-20(22(25)27-14-18-10-6-4-7-11-18)21(17(2)24(16)3)23(26)28-15-19-12-8-5-9-13-19/h4-13H,14-15H2,1-3H3. The van der Waals surface area contributed by atoms with Crippen molar-refractivity contribution in [2.24, 2.45) is 7.05 Å². The van der Waals surface area contributed by atoms with E-state index in [1.807, 2.05) is 67.7 Å². The van der Waals surface area contributed by atoms with Gasteiger partial charge in [0, 0.05) is 18.4 Å². The normalized spacial score (nSPS) is 10.5. The molecule has 0 radical (unpaired) electrons. The van der Waals surface area contributed by atoms with Gasteiger partial charge in [-0.2, -0.15) is 0 Å². The fourth-order valence-corrected chi connectivity index (χ4v) is 3.04. The van der Waals surface area contributed by atoms with E-state index in [2.05, 4.69) is 0 Å². The van der Waals surface area contributed by atoms with Gasteiger partial charge in [-0.3, -0.25) is 0 Å². The molecule has 0 amide bonds. The highest BCUT2D eigenvalue weighted by molar-refractivity contribution is 6.05. The molecule has 2 aromatic carbocycles. The number of hydrogen-bond donors (Lipinski definition) is 0. The lowest BCUT2D eigenvalue weighted by Crippen LogP contribution is -2.14. The third-order valence-corrected chi connectivity index (χ3v) is 4.81. The Labute approximate surface area is 164 Å². The SMILES string of the molecule is Cc1c(C(=O)OCc2ccccc2)c(C(=O)OCc2ccccc2)c(C)n1C. The molecule has 144 valence electrons. The number of esters is 2. The number of aromatic nitrogens is 1. The van der Waals surface area contributed by atoms with Crippen LogP contribution in [0.4, 0.5) is 0 Å². The molecule has 1 heterocycles. The van der Waals surface area contributed by atoms with Crippen molar-refractivity contribution in [2.45, 2.75) is 27.1 Å². The van der Waals surface area contributed by atoms with E-state index >= 15 is 0 Å². The Bertz CT molecular complexity index is 896. The van der Waals surface area contributed by atoms with E-state index in [1.165, 1.54) is 0 Å². The molecule has 0 saturated carbocycles. The van der Waals surface area contributed by atoms with Crippen LogP contribution >= 0.6 is 0 Å². The van der Waals surface area contributed by atoms with Gasteiger partial charge in [0.1, 0.15) is 13.2 Å². The average molecular weight is 377 g/mol. The number of carbonyl (C=O) groups is 2. The molecule has 0 fully saturated rings. The second-order valence-electron chi connectivity index (χ2n) is 6.60. The van der Waals surface area contributed by atoms with Crippen molar-refractivity contribution in [3.05, 3.63) is 94.3 Å². The van der Waals surface area contributed by atoms with Crippen LogP contribution in [0.5, 0.6) is 0 Å². The first-order chi connectivity index (χ1) is 13.5. The van der Waals surface area contributed by atoms with Crippen molar-refractivity contribution in [1.82, 2.24) is 4.57 Å². The third kappa shape index (κ3) is 4.14. The Kier molecular flexibility index (Phi) is 5.94. The van der Waals surface area contributed by atoms with E-state index in [1.54, 1.807) is 18.4 Å². The van der Waals surface area contributed by atoms with Crippen LogP contribution in [-0.4, -0.2) is 16.5 Å². The van der Waals surface area contributed by atoms with E-state index in [-0.39, 0.29) is 24.3 Å². The van der Waals surface area contributed by atoms with Crippen LogP contribution in [0, 0.1) is 13.8 Å². The van der Waals surface area contributed by atoms with Gasteiger partial charge in [0.25, 0.3) is 0 Å². The Balaban J connectivity index is 1.80. The molecule has 0 atom stereocenters. The summed E-state index contributed by atoms with van der Waals surface area (Å²) in [6, 6.07) is 18.9. The molecule has 5 nitrogen and oxygen atoms in total. The Morgan fingerprint density at radius 3 is 1.43 bits per heavy atom. The maximum Gasteiger partial charge on any atom is 0.341 e. The van der Waals surface area contributed by atoms with E-state index < -0.39 is 11.9 Å². The summed E-state index contributed by atoms with van der Waals surface area (Å²) in [7, 11) is 1.81. The highest BCUT2D eigenvalue weighted by Gasteiger charge is 2.28. The zero-order valence-electron chi connectivity index (χ0n) is 16.3. The highest BCUT2D eigenvalue weighted by atomic mass is 16.5. The number of ether oxygens (including phenoxy) is 2. The largest absolute Gasteiger partial charge is 0.457 e. The molecule has 1 aromatic heterocycles. The van der Waals surface area contributed by atoms with E-state index in [0.29, 0.717) is 11.4 Å². The minimum Gasteiger partial charge on any atom is -0.457 e. The lowest BCUT2D eigenvalue weighted by Gasteiger charge is -2.08. The summed E-state index contributed by atoms with van der Waals surface area (Å²) in [5, 5.41) is 0. The van der Waals surface area contributed by atoms with Crippen molar-refractivity contribution in [1.29, 1.82) is 0 Å². The maximum absolute atomic E-state index is 12.8. The Morgan fingerprint density at radius 2 is 1.07 bits per heavy atom. The van der Waals surface area contributed by atoms with Crippen molar-refractivity contribution < 1.29 is 19.1 Å². The van der Waals surface area contributed by atoms with Gasteiger partial charge >= 0.3 is 11.9 Å². The first-order valence-corrected chi connectivity index (χ1v) is 9.07. The van der Waals surface area contributed by atoms with Crippen LogP contribution < -0.4 is 0 Å². The fraction of sp³-hybridized carbons (Fsp3) is 0.217. The summed E-state index contributed by atoms with van der Waals surface area (Å²) in [5.74, 6) is -1.06. The molecule has 3 aromatic rings. The lowest BCUT2D eigenvalue weighted by atomic mass is 10.1. The fourth-order valence-electron chi connectivity index (χ4n) is 3.04. The monoisotopic (exact) mass is 377 g/mol. The van der Waals surface area contributed by atoms with E-state index in [4.69, 9.17) is 9.47 Å². The van der Waals surface area contributed by atoms with Crippen LogP contribution in [0.15, 0.2) is 60.7 Å². The molecule has 5 heteroatoms. The molecule has 28 heavy (non-hydrogen) atoms. The summed E-state index contributed by atoms with van der Waals surface area (Å²) in [6.45, 7) is 3.87. The first kappa shape index (κ1) is 19.4. The van der Waals surface area contributed by atoms with Crippen molar-refractivity contribution in [3.63, 3.8) is 0 Å². The van der Waals surface area contributed by atoms with Crippen LogP contribution in [0.25, 0.3) is 0 Å². The molecule has 0 aliphatic carbocycles. The maximum atomic E-state index is 12.8. The van der Waals surface area contributed by atoms with Crippen molar-refractivity contribution in [2.75, 3.05) is 0 Å². The number of carbonyl (C=O) groups excluding carboxylic acids is 2. The smallest absolute Gasteiger partial charge is 0.341 e. The molecule has 0 saturated heterocycles. The predicted octanol–water partition coefficient (Wildman–Crippen LogP) is 4.36. The van der Waals surface area contributed by atoms with Crippen molar-refractivity contribution in [3.8, 4) is 0 Å². The summed E-state index contributed by atoms with van der Waals surface area (Å²) in [6.07, 6.45) is 0. The van der Waals surface area contributed by atoms with Gasteiger partial charge in [0.2, 0.25) is 0 Å². The van der Waals surface area contributed by atoms with Gasteiger partial charge in [-0.05, 0) is 25.0 Å². The highest BCUT2D eigenvalue weighted by Crippen LogP contribution is 2.24. The Morgan fingerprint density at radius 1 is 0.714 bits per heavy atom. The second-order valence-corrected chi connectivity index (χ2v) is 6.60. The molecular formula is C23H23NO4. The minimum absolute atomic E-state index is 0.144. The van der Waals surface area contributed by atoms with Gasteiger partial charge < -0.3 is 14.0 Å². The Hall–Kier alpha value is -3.34. The first-order valence-electron chi connectivity index (χ1n) is 9.07. The quantitative estimate of drug-likeness (QED) is 0.599. The van der Waals surface area contributed by atoms with Gasteiger partial charge in [-0.1, -0.05) is 60.7 Å². The molecule has 0 N–H and O–H groups in total. The van der Waals surface area contributed by atoms with Crippen LogP contribution in [0.2, 0.25) is 0 Å². The summed E-state index contributed by atoms with van der Waals surface area (Å²) < 4.78 is 12.7. The van der Waals surface area contributed by atoms with Crippen LogP contribution in [0.1, 0.15) is 43.2 Å². The minimum atomic E-state index is -0.531. The van der Waals surface area contributed by atoms with Crippen molar-refractivity contribution >= 4 is 11.9 Å². The molecule has 0 aliphatic rings. The lowest BCUT2D eigenvalue weighted by molar-refractivity contribution is 0.0425. The third-order valence-electron chi connectivity index (χ3n) is 4.81. The molecular weight excluding hydrogens is 354 g/mol. The van der Waals surface area contributed by atoms with E-state index in [9.17, 15) is 9.59 Å². The van der Waals surface area contributed by atoms with Gasteiger partial charge in [-0.15, -0.1) is 0 Å². The average Bonchev–Trinajstić information content (AvgIpc) is 2.96. The topological polar surface area (TPSA) is 57.5 Å². The van der Waals surface area contributed by atoms with Gasteiger partial charge in [0.05, 0.1) is 11.1 Å². The van der Waals surface area contributed by atoms with E-state index in [0.717, 1.165) is 11.1 Å². The zero-order chi connectivity index (χ0) is 20.1. The molecule has 0 bridgehead atoms. The summed E-state index contributed by atoms with van der Waals surface area (Å²) >= 11 is 0. The second kappa shape index (κ2) is 8.57. The number of nitrogens with zero attached hydrogens (tertiary/aromatic N) is 1. The predicted molar refractivity (Wildman–Crippen MR) is 106 cm³/mol. The molecule has 0 spiro atoms. The summed E-state index contributed by atoms with van der Waals surface area (Å²) in [5.41, 5.74) is 3.62. The molecule has 0 aliphatic heterocycles. The number of benzene rings is 2. The zero-order valence-corrected chi connectivity index (χ0v) is 16.3. The van der Waals surface area contributed by atoms with Crippen LogP contribution in [-0.2, 0) is 29.7 Å². The molecule has 0 unspecified atom stereocenters. The number of hydrogen-bond acceptors (Lipinski definition) is 4.